The molecule has 0 radical (unpaired) electrons. The van der Waals surface area contributed by atoms with Crippen molar-refractivity contribution in [3.63, 3.8) is 0 Å². The minimum absolute atomic E-state index is 0.298. The highest BCUT2D eigenvalue weighted by Crippen LogP contribution is 2.43. The van der Waals surface area contributed by atoms with Gasteiger partial charge in [-0.1, -0.05) is 53.9 Å². The number of hydrogen-bond acceptors (Lipinski definition) is 7. The van der Waals surface area contributed by atoms with Crippen molar-refractivity contribution >= 4 is 46.4 Å². The molecule has 0 unspecified atom stereocenters. The molecule has 2 fully saturated rings. The summed E-state index contributed by atoms with van der Waals surface area (Å²) in [6, 6.07) is 15.1. The lowest BCUT2D eigenvalue weighted by atomic mass is 9.99. The number of rotatable bonds is 10. The highest BCUT2D eigenvalue weighted by Gasteiger charge is 2.30. The van der Waals surface area contributed by atoms with Crippen LogP contribution in [-0.2, 0) is 19.5 Å². The number of carbonyl (C=O) groups is 2. The van der Waals surface area contributed by atoms with Crippen LogP contribution in [0.2, 0.25) is 10.0 Å². The van der Waals surface area contributed by atoms with Crippen LogP contribution in [-0.4, -0.2) is 68.0 Å². The molecule has 0 spiro atoms. The molecule has 2 aromatic heterocycles. The van der Waals surface area contributed by atoms with Crippen molar-refractivity contribution in [1.29, 1.82) is 0 Å². The molecule has 1 saturated carbocycles. The maximum absolute atomic E-state index is 13.6. The number of hydrogen-bond donors (Lipinski definition) is 3. The fraction of sp³-hybridized carbons (Fsp3) is 0.415. The second-order valence-electron chi connectivity index (χ2n) is 15.2. The number of likely N-dealkylation sites (tertiary alicyclic amines) is 1. The number of pyridine rings is 2. The molecule has 1 saturated heterocycles. The number of piperidine rings is 1. The Labute approximate surface area is 315 Å². The van der Waals surface area contributed by atoms with E-state index in [2.05, 4.69) is 37.3 Å². The van der Waals surface area contributed by atoms with Crippen LogP contribution in [0.25, 0.3) is 11.1 Å². The maximum Gasteiger partial charge on any atom is 0.274 e. The first-order valence-corrected chi connectivity index (χ1v) is 19.0. The van der Waals surface area contributed by atoms with Gasteiger partial charge in [0.2, 0.25) is 0 Å². The van der Waals surface area contributed by atoms with Crippen LogP contribution in [0.1, 0.15) is 102 Å². The van der Waals surface area contributed by atoms with Gasteiger partial charge in [-0.2, -0.15) is 0 Å². The SMILES string of the molecule is C[C@@H]1CCCCN1Cc1cnc(C(=O)Nc2cccc(-c3cccc(NC(=O)c4cc5c(cn4)CN(CC(C)(C)O)CC5)c3Cl)c2Cl)cc1C1CC1. The molecule has 2 aromatic carbocycles. The third-order valence-corrected chi connectivity index (χ3v) is 11.2. The third kappa shape index (κ3) is 8.35. The standard InChI is InChI=1S/C41H46Cl2N6O3/c1-25-8-4-5-16-49(25)23-29-21-45-36(19-32(29)26-13-14-26)40(51)47-34-12-7-10-31(38(34)43)30-9-6-11-33(37(30)42)46-39(50)35-18-27-15-17-48(24-41(2,3)52)22-28(27)20-44-35/h6-7,9-12,18-21,25-26,52H,4-5,8,13-17,22-24H2,1-3H3,(H,46,50)(H,47,51)/t25-/m1/s1. The molecule has 2 aliphatic heterocycles. The molecule has 0 bridgehead atoms. The number of aliphatic hydroxyl groups is 1. The number of nitrogens with zero attached hydrogens (tertiary/aromatic N) is 4. The Kier molecular flexibility index (Phi) is 10.7. The molecule has 272 valence electrons. The predicted molar refractivity (Wildman–Crippen MR) is 207 cm³/mol. The number of carbonyl (C=O) groups excluding carboxylic acids is 2. The van der Waals surface area contributed by atoms with Gasteiger partial charge in [-0.3, -0.25) is 29.4 Å². The van der Waals surface area contributed by atoms with E-state index < -0.39 is 5.60 Å². The Hall–Kier alpha value is -3.86. The Balaban J connectivity index is 1.05. The zero-order valence-corrected chi connectivity index (χ0v) is 31.5. The van der Waals surface area contributed by atoms with Crippen LogP contribution in [0.15, 0.2) is 60.9 Å². The van der Waals surface area contributed by atoms with E-state index in [0.29, 0.717) is 69.0 Å². The molecular weight excluding hydrogens is 695 g/mol. The summed E-state index contributed by atoms with van der Waals surface area (Å²) in [7, 11) is 0. The van der Waals surface area contributed by atoms with Gasteiger partial charge < -0.3 is 15.7 Å². The molecule has 7 rings (SSSR count). The number of anilines is 2. The molecule has 11 heteroatoms. The van der Waals surface area contributed by atoms with Crippen LogP contribution < -0.4 is 10.6 Å². The Morgan fingerprint density at radius 3 is 2.12 bits per heavy atom. The molecule has 3 aliphatic rings. The largest absolute Gasteiger partial charge is 0.389 e. The molecular formula is C41H46Cl2N6O3. The maximum atomic E-state index is 13.6. The zero-order chi connectivity index (χ0) is 36.6. The minimum atomic E-state index is -0.784. The summed E-state index contributed by atoms with van der Waals surface area (Å²) < 4.78 is 0. The van der Waals surface area contributed by atoms with Crippen LogP contribution in [0.4, 0.5) is 11.4 Å². The smallest absolute Gasteiger partial charge is 0.274 e. The molecule has 1 aliphatic carbocycles. The summed E-state index contributed by atoms with van der Waals surface area (Å²) >= 11 is 13.8. The Bertz CT molecular complexity index is 1990. The average Bonchev–Trinajstić information content (AvgIpc) is 3.96. The summed E-state index contributed by atoms with van der Waals surface area (Å²) in [4.78, 5) is 40.7. The quantitative estimate of drug-likeness (QED) is 0.150. The average molecular weight is 742 g/mol. The lowest BCUT2D eigenvalue weighted by Gasteiger charge is -2.33. The first kappa shape index (κ1) is 36.5. The van der Waals surface area contributed by atoms with Gasteiger partial charge in [-0.15, -0.1) is 0 Å². The van der Waals surface area contributed by atoms with Gasteiger partial charge in [0, 0.05) is 55.7 Å². The van der Waals surface area contributed by atoms with E-state index in [9.17, 15) is 14.7 Å². The van der Waals surface area contributed by atoms with Crippen molar-refractivity contribution in [2.75, 3.05) is 30.3 Å². The summed E-state index contributed by atoms with van der Waals surface area (Å²) in [6.07, 6.45) is 10.4. The van der Waals surface area contributed by atoms with E-state index in [0.717, 1.165) is 50.0 Å². The van der Waals surface area contributed by atoms with Gasteiger partial charge in [-0.25, -0.2) is 0 Å². The summed E-state index contributed by atoms with van der Waals surface area (Å²) in [5.74, 6) is -0.221. The van der Waals surface area contributed by atoms with Crippen molar-refractivity contribution in [2.45, 2.75) is 89.9 Å². The first-order chi connectivity index (χ1) is 24.9. The van der Waals surface area contributed by atoms with Gasteiger partial charge in [0.05, 0.1) is 27.0 Å². The molecule has 52 heavy (non-hydrogen) atoms. The van der Waals surface area contributed by atoms with E-state index in [-0.39, 0.29) is 11.8 Å². The van der Waals surface area contributed by atoms with E-state index in [4.69, 9.17) is 23.2 Å². The van der Waals surface area contributed by atoms with Crippen molar-refractivity contribution in [1.82, 2.24) is 19.8 Å². The Morgan fingerprint density at radius 2 is 1.50 bits per heavy atom. The summed E-state index contributed by atoms with van der Waals surface area (Å²) in [5.41, 5.74) is 6.51. The number of amides is 2. The summed E-state index contributed by atoms with van der Waals surface area (Å²) in [5, 5.41) is 16.8. The van der Waals surface area contributed by atoms with Crippen molar-refractivity contribution < 1.29 is 14.7 Å². The third-order valence-electron chi connectivity index (χ3n) is 10.4. The van der Waals surface area contributed by atoms with Gasteiger partial charge in [0.25, 0.3) is 11.8 Å². The van der Waals surface area contributed by atoms with Crippen molar-refractivity contribution in [3.8, 4) is 11.1 Å². The monoisotopic (exact) mass is 740 g/mol. The lowest BCUT2D eigenvalue weighted by Crippen LogP contribution is -2.41. The number of β-amino-alcohol motifs (C(OH)–C–C–N with tert-alkyl or cyclic N) is 1. The molecule has 3 N–H and O–H groups in total. The first-order valence-electron chi connectivity index (χ1n) is 18.3. The molecule has 9 nitrogen and oxygen atoms in total. The highest BCUT2D eigenvalue weighted by molar-refractivity contribution is 6.40. The second-order valence-corrected chi connectivity index (χ2v) is 16.0. The van der Waals surface area contributed by atoms with E-state index >= 15 is 0 Å². The topological polar surface area (TPSA) is 111 Å². The molecule has 4 heterocycles. The number of aromatic nitrogens is 2. The molecule has 2 amide bonds. The molecule has 1 atom stereocenters. The van der Waals surface area contributed by atoms with Crippen LogP contribution >= 0.6 is 23.2 Å². The molecule has 4 aromatic rings. The minimum Gasteiger partial charge on any atom is -0.389 e. The fourth-order valence-corrected chi connectivity index (χ4v) is 8.04. The van der Waals surface area contributed by atoms with E-state index in [1.165, 1.54) is 30.4 Å². The van der Waals surface area contributed by atoms with Crippen LogP contribution in [0.5, 0.6) is 0 Å². The predicted octanol–water partition coefficient (Wildman–Crippen LogP) is 8.34. The summed E-state index contributed by atoms with van der Waals surface area (Å²) in [6.45, 7) is 9.89. The normalized spacial score (nSPS) is 18.2. The van der Waals surface area contributed by atoms with Gasteiger partial charge in [-0.05, 0) is 112 Å². The van der Waals surface area contributed by atoms with Gasteiger partial charge in [0.1, 0.15) is 11.4 Å². The van der Waals surface area contributed by atoms with Crippen LogP contribution in [0.3, 0.4) is 0 Å². The number of nitrogens with one attached hydrogen (secondary N) is 2. The van der Waals surface area contributed by atoms with E-state index in [1.807, 2.05) is 36.5 Å². The van der Waals surface area contributed by atoms with Crippen molar-refractivity contribution in [2.24, 2.45) is 0 Å². The second kappa shape index (κ2) is 15.2. The Morgan fingerprint density at radius 1 is 0.865 bits per heavy atom. The number of halogens is 2. The van der Waals surface area contributed by atoms with E-state index in [1.54, 1.807) is 38.2 Å². The van der Waals surface area contributed by atoms with Gasteiger partial charge >= 0.3 is 0 Å². The number of fused-ring (bicyclic) bond motifs is 1. The van der Waals surface area contributed by atoms with Gasteiger partial charge in [0.15, 0.2) is 0 Å². The lowest BCUT2D eigenvalue weighted by molar-refractivity contribution is 0.0317. The van der Waals surface area contributed by atoms with Crippen molar-refractivity contribution in [3.05, 3.63) is 105 Å². The zero-order valence-electron chi connectivity index (χ0n) is 30.0. The fourth-order valence-electron chi connectivity index (χ4n) is 7.49. The highest BCUT2D eigenvalue weighted by atomic mass is 35.5. The number of benzene rings is 2. The van der Waals surface area contributed by atoms with Crippen LogP contribution in [0, 0.1) is 0 Å².